The molecule has 1 aromatic rings. The molecule has 0 bridgehead atoms. The van der Waals surface area contributed by atoms with Crippen LogP contribution in [0.2, 0.25) is 0 Å². The number of anilines is 1. The lowest BCUT2D eigenvalue weighted by molar-refractivity contribution is 0.270. The van der Waals surface area contributed by atoms with Crippen molar-refractivity contribution in [2.75, 3.05) is 44.2 Å². The van der Waals surface area contributed by atoms with Gasteiger partial charge in [-0.25, -0.2) is 4.98 Å². The van der Waals surface area contributed by atoms with Crippen molar-refractivity contribution in [3.63, 3.8) is 0 Å². The van der Waals surface area contributed by atoms with Gasteiger partial charge in [0, 0.05) is 38.9 Å². The van der Waals surface area contributed by atoms with Crippen LogP contribution in [0, 0.1) is 6.92 Å². The third-order valence-corrected chi connectivity index (χ3v) is 3.98. The molecule has 20 heavy (non-hydrogen) atoms. The molecule has 1 aliphatic rings. The Morgan fingerprint density at radius 3 is 2.55 bits per heavy atom. The smallest absolute Gasteiger partial charge is 0.131 e. The average Bonchev–Trinajstić information content (AvgIpc) is 2.48. The minimum Gasteiger partial charge on any atom is -0.354 e. The molecule has 2 rings (SSSR count). The third kappa shape index (κ3) is 3.93. The van der Waals surface area contributed by atoms with Crippen molar-refractivity contribution in [3.8, 4) is 0 Å². The van der Waals surface area contributed by atoms with Gasteiger partial charge in [-0.15, -0.1) is 0 Å². The fourth-order valence-corrected chi connectivity index (χ4v) is 2.74. The van der Waals surface area contributed by atoms with Crippen molar-refractivity contribution >= 4 is 5.82 Å². The Labute approximate surface area is 123 Å². The molecule has 1 N–H and O–H groups in total. The number of aromatic nitrogens is 1. The van der Waals surface area contributed by atoms with E-state index < -0.39 is 0 Å². The largest absolute Gasteiger partial charge is 0.354 e. The molecule has 4 heteroatoms. The molecule has 1 aromatic heterocycles. The second-order valence-corrected chi connectivity index (χ2v) is 5.58. The van der Waals surface area contributed by atoms with Gasteiger partial charge in [0.05, 0.1) is 0 Å². The summed E-state index contributed by atoms with van der Waals surface area (Å²) < 4.78 is 0. The summed E-state index contributed by atoms with van der Waals surface area (Å²) in [5.41, 5.74) is 2.58. The molecule has 1 fully saturated rings. The fraction of sp³-hybridized carbons (Fsp3) is 0.688. The highest BCUT2D eigenvalue weighted by atomic mass is 15.3. The first kappa shape index (κ1) is 15.3. The zero-order chi connectivity index (χ0) is 14.4. The number of nitrogens with zero attached hydrogens (tertiary/aromatic N) is 3. The Bertz CT molecular complexity index is 411. The van der Waals surface area contributed by atoms with Crippen LogP contribution in [0.4, 0.5) is 5.82 Å². The molecule has 0 unspecified atom stereocenters. The summed E-state index contributed by atoms with van der Waals surface area (Å²) >= 11 is 0. The lowest BCUT2D eigenvalue weighted by Crippen LogP contribution is -2.46. The van der Waals surface area contributed by atoms with Gasteiger partial charge >= 0.3 is 0 Å². The van der Waals surface area contributed by atoms with Crippen LogP contribution in [0.5, 0.6) is 0 Å². The maximum Gasteiger partial charge on any atom is 0.131 e. The molecule has 1 aliphatic heterocycles. The van der Waals surface area contributed by atoms with Gasteiger partial charge in [0.1, 0.15) is 5.82 Å². The Morgan fingerprint density at radius 2 is 1.95 bits per heavy atom. The average molecular weight is 276 g/mol. The summed E-state index contributed by atoms with van der Waals surface area (Å²) in [6.07, 6.45) is 3.20. The molecule has 0 aromatic carbocycles. The molecule has 1 saturated heterocycles. The second kappa shape index (κ2) is 7.60. The van der Waals surface area contributed by atoms with E-state index >= 15 is 0 Å². The Hall–Kier alpha value is -1.13. The van der Waals surface area contributed by atoms with Crippen molar-refractivity contribution in [1.29, 1.82) is 0 Å². The maximum atomic E-state index is 4.70. The predicted molar refractivity (Wildman–Crippen MR) is 85.3 cm³/mol. The second-order valence-electron chi connectivity index (χ2n) is 5.58. The fourth-order valence-electron chi connectivity index (χ4n) is 2.74. The third-order valence-electron chi connectivity index (χ3n) is 3.98. The minimum atomic E-state index is 0.922. The van der Waals surface area contributed by atoms with Crippen LogP contribution in [-0.2, 0) is 6.54 Å². The van der Waals surface area contributed by atoms with Gasteiger partial charge in [0.2, 0.25) is 0 Å². The van der Waals surface area contributed by atoms with E-state index in [-0.39, 0.29) is 0 Å². The van der Waals surface area contributed by atoms with E-state index in [4.69, 9.17) is 4.98 Å². The number of aryl methyl sites for hydroxylation is 1. The van der Waals surface area contributed by atoms with Crippen molar-refractivity contribution < 1.29 is 0 Å². The van der Waals surface area contributed by atoms with Crippen molar-refractivity contribution in [2.45, 2.75) is 33.7 Å². The quantitative estimate of drug-likeness (QED) is 0.806. The Morgan fingerprint density at radius 1 is 1.20 bits per heavy atom. The van der Waals surface area contributed by atoms with E-state index in [0.717, 1.165) is 45.8 Å². The molecular formula is C16H28N4. The highest BCUT2D eigenvalue weighted by molar-refractivity contribution is 5.47. The number of piperazine rings is 1. The monoisotopic (exact) mass is 276 g/mol. The minimum absolute atomic E-state index is 0.922. The van der Waals surface area contributed by atoms with Crippen LogP contribution < -0.4 is 10.2 Å². The number of likely N-dealkylation sites (N-methyl/N-ethyl adjacent to an activating group) is 1. The molecule has 0 saturated carbocycles. The zero-order valence-electron chi connectivity index (χ0n) is 13.2. The van der Waals surface area contributed by atoms with E-state index in [1.807, 2.05) is 6.20 Å². The van der Waals surface area contributed by atoms with Crippen LogP contribution in [-0.4, -0.2) is 49.2 Å². The molecular weight excluding hydrogens is 248 g/mol. The van der Waals surface area contributed by atoms with Crippen LogP contribution in [0.25, 0.3) is 0 Å². The molecule has 0 radical (unpaired) electrons. The van der Waals surface area contributed by atoms with Crippen LogP contribution in [0.3, 0.4) is 0 Å². The standard InChI is InChI=1S/C16H28N4/c1-4-6-17-12-15-11-14(3)16(18-13-15)20-9-7-19(5-2)8-10-20/h11,13,17H,4-10,12H2,1-3H3. The van der Waals surface area contributed by atoms with Crippen molar-refractivity contribution in [2.24, 2.45) is 0 Å². The van der Waals surface area contributed by atoms with E-state index in [2.05, 4.69) is 42.0 Å². The zero-order valence-corrected chi connectivity index (χ0v) is 13.2. The number of nitrogens with one attached hydrogen (secondary N) is 1. The first-order chi connectivity index (χ1) is 9.74. The summed E-state index contributed by atoms with van der Waals surface area (Å²) in [4.78, 5) is 9.62. The van der Waals surface area contributed by atoms with Gasteiger partial charge in [-0.3, -0.25) is 0 Å². The number of hydrogen-bond donors (Lipinski definition) is 1. The molecule has 2 heterocycles. The molecule has 112 valence electrons. The summed E-state index contributed by atoms with van der Waals surface area (Å²) in [6, 6.07) is 2.27. The summed E-state index contributed by atoms with van der Waals surface area (Å²) in [5, 5.41) is 3.43. The molecule has 0 atom stereocenters. The lowest BCUT2D eigenvalue weighted by atomic mass is 10.2. The highest BCUT2D eigenvalue weighted by Crippen LogP contribution is 2.19. The Balaban J connectivity index is 1.95. The normalized spacial score (nSPS) is 16.6. The number of rotatable bonds is 6. The first-order valence-corrected chi connectivity index (χ1v) is 7.88. The number of pyridine rings is 1. The lowest BCUT2D eigenvalue weighted by Gasteiger charge is -2.35. The van der Waals surface area contributed by atoms with Gasteiger partial charge < -0.3 is 15.1 Å². The van der Waals surface area contributed by atoms with Gasteiger partial charge in [-0.2, -0.15) is 0 Å². The Kier molecular flexibility index (Phi) is 5.80. The van der Waals surface area contributed by atoms with Gasteiger partial charge in [-0.1, -0.05) is 13.8 Å². The van der Waals surface area contributed by atoms with Crippen LogP contribution in [0.15, 0.2) is 12.3 Å². The summed E-state index contributed by atoms with van der Waals surface area (Å²) in [7, 11) is 0. The molecule has 0 spiro atoms. The van der Waals surface area contributed by atoms with E-state index in [1.165, 1.54) is 23.4 Å². The van der Waals surface area contributed by atoms with E-state index in [0.29, 0.717) is 0 Å². The van der Waals surface area contributed by atoms with Gasteiger partial charge in [-0.05, 0) is 43.6 Å². The highest BCUT2D eigenvalue weighted by Gasteiger charge is 2.18. The van der Waals surface area contributed by atoms with Crippen molar-refractivity contribution in [1.82, 2.24) is 15.2 Å². The van der Waals surface area contributed by atoms with Gasteiger partial charge in [0.15, 0.2) is 0 Å². The molecule has 0 aliphatic carbocycles. The van der Waals surface area contributed by atoms with Crippen LogP contribution in [0.1, 0.15) is 31.4 Å². The van der Waals surface area contributed by atoms with E-state index in [1.54, 1.807) is 0 Å². The topological polar surface area (TPSA) is 31.4 Å². The summed E-state index contributed by atoms with van der Waals surface area (Å²) in [5.74, 6) is 1.17. The molecule has 4 nitrogen and oxygen atoms in total. The van der Waals surface area contributed by atoms with Crippen molar-refractivity contribution in [3.05, 3.63) is 23.4 Å². The molecule has 0 amide bonds. The summed E-state index contributed by atoms with van der Waals surface area (Å²) in [6.45, 7) is 14.2. The van der Waals surface area contributed by atoms with Crippen LogP contribution >= 0.6 is 0 Å². The SMILES string of the molecule is CCCNCc1cnc(N2CCN(CC)CC2)c(C)c1. The number of hydrogen-bond acceptors (Lipinski definition) is 4. The first-order valence-electron chi connectivity index (χ1n) is 7.88. The predicted octanol–water partition coefficient (Wildman–Crippen LogP) is 2.03. The van der Waals surface area contributed by atoms with Gasteiger partial charge in [0.25, 0.3) is 0 Å². The van der Waals surface area contributed by atoms with E-state index in [9.17, 15) is 0 Å². The maximum absolute atomic E-state index is 4.70.